The van der Waals surface area contributed by atoms with Crippen molar-refractivity contribution in [2.24, 2.45) is 0 Å². The molecule has 7 nitrogen and oxygen atoms in total. The van der Waals surface area contributed by atoms with Gasteiger partial charge < -0.3 is 21.3 Å². The number of hydrogen-bond donors (Lipinski definition) is 4. The third kappa shape index (κ3) is 7.01. The molecule has 7 heteroatoms. The molecule has 0 atom stereocenters. The van der Waals surface area contributed by atoms with Crippen LogP contribution in [-0.2, 0) is 6.54 Å². The van der Waals surface area contributed by atoms with Gasteiger partial charge in [-0.2, -0.15) is 0 Å². The number of rotatable bonds is 8. The molecule has 0 heterocycles. The van der Waals surface area contributed by atoms with Crippen LogP contribution in [0.1, 0.15) is 26.3 Å². The highest BCUT2D eigenvalue weighted by Gasteiger charge is 2.07. The van der Waals surface area contributed by atoms with Crippen molar-refractivity contribution in [1.29, 1.82) is 0 Å². The molecule has 3 rings (SSSR count). The van der Waals surface area contributed by atoms with E-state index in [9.17, 15) is 14.4 Å². The maximum absolute atomic E-state index is 12.2. The lowest BCUT2D eigenvalue weighted by Gasteiger charge is -2.09. The lowest BCUT2D eigenvalue weighted by molar-refractivity contribution is 0.0927. The predicted molar refractivity (Wildman–Crippen MR) is 120 cm³/mol. The number of urea groups is 1. The number of hydrogen-bond acceptors (Lipinski definition) is 3. The quantitative estimate of drug-likeness (QED) is 0.425. The molecule has 0 bridgehead atoms. The van der Waals surface area contributed by atoms with E-state index in [1.807, 2.05) is 36.4 Å². The Bertz CT molecular complexity index is 1010. The van der Waals surface area contributed by atoms with Crippen LogP contribution >= 0.6 is 0 Å². The van der Waals surface area contributed by atoms with Crippen molar-refractivity contribution in [2.75, 3.05) is 18.4 Å². The second kappa shape index (κ2) is 11.2. The second-order valence-corrected chi connectivity index (χ2v) is 6.75. The smallest absolute Gasteiger partial charge is 0.319 e. The summed E-state index contributed by atoms with van der Waals surface area (Å²) in [6, 6.07) is 24.7. The molecule has 31 heavy (non-hydrogen) atoms. The lowest BCUT2D eigenvalue weighted by Crippen LogP contribution is -2.34. The highest BCUT2D eigenvalue weighted by molar-refractivity contribution is 5.96. The molecule has 0 saturated carbocycles. The molecule has 4 amide bonds. The maximum Gasteiger partial charge on any atom is 0.319 e. The van der Waals surface area contributed by atoms with Crippen LogP contribution in [-0.4, -0.2) is 30.9 Å². The predicted octanol–water partition coefficient (Wildman–Crippen LogP) is 3.17. The van der Waals surface area contributed by atoms with E-state index in [-0.39, 0.29) is 17.8 Å². The van der Waals surface area contributed by atoms with Crippen molar-refractivity contribution in [3.05, 3.63) is 102 Å². The molecule has 3 aromatic rings. The maximum atomic E-state index is 12.2. The van der Waals surface area contributed by atoms with E-state index in [0.29, 0.717) is 36.4 Å². The minimum atomic E-state index is -0.324. The van der Waals surface area contributed by atoms with Crippen molar-refractivity contribution < 1.29 is 14.4 Å². The molecule has 0 spiro atoms. The van der Waals surface area contributed by atoms with Gasteiger partial charge in [0.1, 0.15) is 0 Å². The van der Waals surface area contributed by atoms with Gasteiger partial charge in [-0.3, -0.25) is 9.59 Å². The third-order valence-electron chi connectivity index (χ3n) is 4.43. The van der Waals surface area contributed by atoms with Gasteiger partial charge in [0.15, 0.2) is 0 Å². The van der Waals surface area contributed by atoms with Crippen LogP contribution in [0.25, 0.3) is 0 Å². The number of carbonyl (C=O) groups is 3. The molecule has 0 aliphatic rings. The molecule has 0 unspecified atom stereocenters. The Morgan fingerprint density at radius 1 is 0.581 bits per heavy atom. The van der Waals surface area contributed by atoms with Crippen molar-refractivity contribution in [2.45, 2.75) is 6.54 Å². The van der Waals surface area contributed by atoms with E-state index in [4.69, 9.17) is 0 Å². The first-order valence-corrected chi connectivity index (χ1v) is 9.92. The van der Waals surface area contributed by atoms with Gasteiger partial charge in [-0.15, -0.1) is 0 Å². The summed E-state index contributed by atoms with van der Waals surface area (Å²) in [5.41, 5.74) is 2.62. The summed E-state index contributed by atoms with van der Waals surface area (Å²) >= 11 is 0. The molecule has 0 aliphatic carbocycles. The largest absolute Gasteiger partial charge is 0.350 e. The Hall–Kier alpha value is -4.13. The third-order valence-corrected chi connectivity index (χ3v) is 4.43. The fourth-order valence-corrected chi connectivity index (χ4v) is 2.80. The van der Waals surface area contributed by atoms with Crippen LogP contribution in [0.4, 0.5) is 10.5 Å². The first kappa shape index (κ1) is 21.6. The van der Waals surface area contributed by atoms with Gasteiger partial charge in [-0.05, 0) is 42.0 Å². The molecule has 4 N–H and O–H groups in total. The van der Waals surface area contributed by atoms with Gasteiger partial charge in [-0.1, -0.05) is 48.5 Å². The zero-order chi connectivity index (χ0) is 21.9. The number of carbonyl (C=O) groups excluding carboxylic acids is 3. The van der Waals surface area contributed by atoms with Crippen molar-refractivity contribution in [1.82, 2.24) is 16.0 Å². The Balaban J connectivity index is 1.38. The first-order valence-electron chi connectivity index (χ1n) is 9.92. The van der Waals surface area contributed by atoms with Crippen molar-refractivity contribution >= 4 is 23.5 Å². The van der Waals surface area contributed by atoms with E-state index in [2.05, 4.69) is 21.3 Å². The summed E-state index contributed by atoms with van der Waals surface area (Å²) in [6.07, 6.45) is 0. The Morgan fingerprint density at radius 2 is 1.10 bits per heavy atom. The van der Waals surface area contributed by atoms with Gasteiger partial charge in [-0.25, -0.2) is 4.79 Å². The number of benzene rings is 3. The van der Waals surface area contributed by atoms with E-state index in [1.54, 1.807) is 48.5 Å². The van der Waals surface area contributed by atoms with Crippen LogP contribution in [0.5, 0.6) is 0 Å². The minimum absolute atomic E-state index is 0.184. The molecule has 0 radical (unpaired) electrons. The van der Waals surface area contributed by atoms with Crippen molar-refractivity contribution in [3.63, 3.8) is 0 Å². The summed E-state index contributed by atoms with van der Waals surface area (Å²) in [5, 5.41) is 11.0. The van der Waals surface area contributed by atoms with Gasteiger partial charge in [0, 0.05) is 36.4 Å². The van der Waals surface area contributed by atoms with Gasteiger partial charge in [0.2, 0.25) is 0 Å². The van der Waals surface area contributed by atoms with E-state index >= 15 is 0 Å². The molecule has 3 aromatic carbocycles. The molecule has 0 fully saturated rings. The molecule has 158 valence electrons. The summed E-state index contributed by atoms with van der Waals surface area (Å²) in [5.74, 6) is -0.440. The number of anilines is 1. The van der Waals surface area contributed by atoms with Crippen LogP contribution in [0.15, 0.2) is 84.9 Å². The monoisotopic (exact) mass is 416 g/mol. The summed E-state index contributed by atoms with van der Waals surface area (Å²) in [6.45, 7) is 1.05. The summed E-state index contributed by atoms with van der Waals surface area (Å²) in [4.78, 5) is 36.2. The standard InChI is InChI=1S/C24H24N4O3/c29-22(19-9-5-2-6-10-19)25-15-16-26-23(30)20-11-13-21(14-12-20)28-24(31)27-17-18-7-3-1-4-8-18/h1-14H,15-17H2,(H,25,29)(H,26,30)(H2,27,28,31). The van der Waals surface area contributed by atoms with E-state index in [0.717, 1.165) is 5.56 Å². The van der Waals surface area contributed by atoms with Crippen molar-refractivity contribution in [3.8, 4) is 0 Å². The van der Waals surface area contributed by atoms with Gasteiger partial charge in [0.05, 0.1) is 0 Å². The minimum Gasteiger partial charge on any atom is -0.350 e. The number of amides is 4. The van der Waals surface area contributed by atoms with Crippen LogP contribution in [0.3, 0.4) is 0 Å². The highest BCUT2D eigenvalue weighted by Crippen LogP contribution is 2.09. The Morgan fingerprint density at radius 3 is 1.68 bits per heavy atom. The lowest BCUT2D eigenvalue weighted by atomic mass is 10.2. The Kier molecular flexibility index (Phi) is 7.77. The van der Waals surface area contributed by atoms with E-state index < -0.39 is 0 Å². The highest BCUT2D eigenvalue weighted by atomic mass is 16.2. The average Bonchev–Trinajstić information content (AvgIpc) is 2.82. The number of nitrogens with one attached hydrogen (secondary N) is 4. The second-order valence-electron chi connectivity index (χ2n) is 6.75. The van der Waals surface area contributed by atoms with Gasteiger partial charge in [0.25, 0.3) is 11.8 Å². The first-order chi connectivity index (χ1) is 15.1. The normalized spacial score (nSPS) is 10.1. The zero-order valence-electron chi connectivity index (χ0n) is 16.9. The summed E-state index contributed by atoms with van der Waals surface area (Å²) < 4.78 is 0. The fraction of sp³-hybridized carbons (Fsp3) is 0.125. The summed E-state index contributed by atoms with van der Waals surface area (Å²) in [7, 11) is 0. The van der Waals surface area contributed by atoms with Crippen LogP contribution in [0, 0.1) is 0 Å². The average molecular weight is 416 g/mol. The Labute approximate surface area is 180 Å². The molecule has 0 aliphatic heterocycles. The topological polar surface area (TPSA) is 99.3 Å². The van der Waals surface area contributed by atoms with E-state index in [1.165, 1.54) is 0 Å². The molecular weight excluding hydrogens is 392 g/mol. The molecule has 0 aromatic heterocycles. The van der Waals surface area contributed by atoms with Crippen LogP contribution in [0.2, 0.25) is 0 Å². The fourth-order valence-electron chi connectivity index (χ4n) is 2.80. The molecular formula is C24H24N4O3. The van der Waals surface area contributed by atoms with Gasteiger partial charge >= 0.3 is 6.03 Å². The molecule has 0 saturated heterocycles. The van der Waals surface area contributed by atoms with Crippen LogP contribution < -0.4 is 21.3 Å². The SMILES string of the molecule is O=C(NCc1ccccc1)Nc1ccc(C(=O)NCCNC(=O)c2ccccc2)cc1. The zero-order valence-corrected chi connectivity index (χ0v) is 16.9.